The van der Waals surface area contributed by atoms with Crippen LogP contribution in [0.3, 0.4) is 0 Å². The number of halogens is 1. The molecule has 250 valence electrons. The number of carbonyl (C=O) groups is 4. The van der Waals surface area contributed by atoms with E-state index in [9.17, 15) is 32.7 Å². The zero-order valence-electron chi connectivity index (χ0n) is 25.4. The maximum absolute atomic E-state index is 13.3. The molecule has 3 amide bonds. The number of sulfonamides is 1. The summed E-state index contributed by atoms with van der Waals surface area (Å²) in [5, 5.41) is 14.4. The summed E-state index contributed by atoms with van der Waals surface area (Å²) in [6.07, 6.45) is 0.0323. The molecule has 1 saturated heterocycles. The largest absolute Gasteiger partial charge is 0.507 e. The number of ether oxygens (including phenoxy) is 3. The average Bonchev–Trinajstić information content (AvgIpc) is 3.32. The molecule has 0 aliphatic carbocycles. The maximum Gasteiger partial charge on any atom is 0.408 e. The third-order valence-corrected chi connectivity index (χ3v) is 9.56. The van der Waals surface area contributed by atoms with Crippen LogP contribution < -0.4 is 20.1 Å². The number of hydrogen-bond acceptors (Lipinski definition) is 10. The molecule has 0 aromatic heterocycles. The van der Waals surface area contributed by atoms with Gasteiger partial charge in [0, 0.05) is 17.4 Å². The summed E-state index contributed by atoms with van der Waals surface area (Å²) in [7, 11) is -2.66. The molecule has 2 atom stereocenters. The molecule has 4 N–H and O–H groups in total. The Morgan fingerprint density at radius 3 is 2.49 bits per heavy atom. The van der Waals surface area contributed by atoms with Crippen LogP contribution in [0.1, 0.15) is 51.6 Å². The number of phenols is 1. The summed E-state index contributed by atoms with van der Waals surface area (Å²) in [5.74, 6) is -1.89. The molecule has 0 spiro atoms. The highest BCUT2D eigenvalue weighted by atomic mass is 79.9. The topological polar surface area (TPSA) is 186 Å². The quantitative estimate of drug-likeness (QED) is 0.141. The van der Waals surface area contributed by atoms with Crippen molar-refractivity contribution in [2.75, 3.05) is 20.3 Å². The summed E-state index contributed by atoms with van der Waals surface area (Å²) in [6, 6.07) is 17.3. The van der Waals surface area contributed by atoms with Gasteiger partial charge in [-0.3, -0.25) is 14.3 Å². The van der Waals surface area contributed by atoms with Crippen LogP contribution in [0.25, 0.3) is 0 Å². The van der Waals surface area contributed by atoms with Gasteiger partial charge in [0.25, 0.3) is 0 Å². The van der Waals surface area contributed by atoms with Crippen molar-refractivity contribution in [1.29, 1.82) is 0 Å². The van der Waals surface area contributed by atoms with Gasteiger partial charge in [-0.2, -0.15) is 0 Å². The van der Waals surface area contributed by atoms with Gasteiger partial charge in [0.05, 0.1) is 20.1 Å². The Bertz CT molecular complexity index is 1720. The minimum atomic E-state index is -3.86. The highest BCUT2D eigenvalue weighted by molar-refractivity contribution is 9.10. The molecule has 1 heterocycles. The number of nitrogens with one attached hydrogen (secondary N) is 3. The molecular formula is C32H34BrN3O10S. The fourth-order valence-corrected chi connectivity index (χ4v) is 7.14. The zero-order valence-corrected chi connectivity index (χ0v) is 27.8. The molecule has 15 heteroatoms. The first-order valence-corrected chi connectivity index (χ1v) is 16.9. The van der Waals surface area contributed by atoms with Crippen LogP contribution in [-0.2, 0) is 42.1 Å². The van der Waals surface area contributed by atoms with Crippen molar-refractivity contribution < 1.29 is 46.9 Å². The zero-order chi connectivity index (χ0) is 34.0. The second-order valence-electron chi connectivity index (χ2n) is 10.6. The Morgan fingerprint density at radius 1 is 1.04 bits per heavy atom. The molecule has 13 nitrogen and oxygen atoms in total. The summed E-state index contributed by atoms with van der Waals surface area (Å²) in [5.41, 5.74) is 1.70. The molecule has 1 aliphatic rings. The molecule has 47 heavy (non-hydrogen) atoms. The monoisotopic (exact) mass is 731 g/mol. The van der Waals surface area contributed by atoms with Crippen LogP contribution in [0.15, 0.2) is 71.2 Å². The number of aromatic hydroxyl groups is 1. The minimum absolute atomic E-state index is 0.000751. The van der Waals surface area contributed by atoms with Crippen LogP contribution in [0.5, 0.6) is 11.5 Å². The first-order chi connectivity index (χ1) is 22.5. The Balaban J connectivity index is 1.36. The van der Waals surface area contributed by atoms with Crippen molar-refractivity contribution in [3.63, 3.8) is 0 Å². The number of methoxy groups -OCH3 is 1. The second-order valence-corrected chi connectivity index (χ2v) is 13.3. The summed E-state index contributed by atoms with van der Waals surface area (Å²) in [6.45, 7) is 0.433. The summed E-state index contributed by atoms with van der Waals surface area (Å²) in [4.78, 5) is 49.7. The number of esters is 1. The number of benzene rings is 3. The predicted molar refractivity (Wildman–Crippen MR) is 173 cm³/mol. The van der Waals surface area contributed by atoms with E-state index < -0.39 is 45.2 Å². The van der Waals surface area contributed by atoms with Crippen LogP contribution in [0.4, 0.5) is 4.79 Å². The highest BCUT2D eigenvalue weighted by Gasteiger charge is 2.39. The molecule has 2 unspecified atom stereocenters. The maximum atomic E-state index is 13.3. The van der Waals surface area contributed by atoms with Crippen molar-refractivity contribution in [3.8, 4) is 11.5 Å². The smallest absolute Gasteiger partial charge is 0.408 e. The number of alkyl carbamates (subject to hydrolysis) is 1. The first kappa shape index (κ1) is 35.2. The van der Waals surface area contributed by atoms with Crippen molar-refractivity contribution in [2.45, 2.75) is 43.6 Å². The highest BCUT2D eigenvalue weighted by Crippen LogP contribution is 2.35. The van der Waals surface area contributed by atoms with E-state index in [0.717, 1.165) is 5.56 Å². The second kappa shape index (κ2) is 16.3. The van der Waals surface area contributed by atoms with Crippen molar-refractivity contribution in [3.05, 3.63) is 93.5 Å². The van der Waals surface area contributed by atoms with Gasteiger partial charge in [0.1, 0.15) is 35.0 Å². The van der Waals surface area contributed by atoms with Crippen molar-refractivity contribution in [1.82, 2.24) is 15.4 Å². The molecule has 0 bridgehead atoms. The molecule has 0 radical (unpaired) electrons. The van der Waals surface area contributed by atoms with E-state index in [4.69, 9.17) is 14.2 Å². The molecule has 3 aromatic carbocycles. The number of phenolic OH excluding ortho intramolecular Hbond substituents is 1. The van der Waals surface area contributed by atoms with Crippen LogP contribution in [-0.4, -0.2) is 63.7 Å². The number of hydrogen-bond donors (Lipinski definition) is 4. The van der Waals surface area contributed by atoms with Crippen LogP contribution in [0.2, 0.25) is 0 Å². The fraction of sp³-hybridized carbons (Fsp3) is 0.312. The Labute approximate surface area is 280 Å². The van der Waals surface area contributed by atoms with Gasteiger partial charge in [0.2, 0.25) is 21.8 Å². The Morgan fingerprint density at radius 2 is 1.81 bits per heavy atom. The van der Waals surface area contributed by atoms with E-state index in [1.165, 1.54) is 25.3 Å². The first-order valence-electron chi connectivity index (χ1n) is 14.6. The van der Waals surface area contributed by atoms with Gasteiger partial charge in [0.15, 0.2) is 0 Å². The molecule has 1 aliphatic heterocycles. The number of unbranched alkanes of at least 4 members (excludes halogenated alkanes) is 1. The third kappa shape index (κ3) is 9.68. The van der Waals surface area contributed by atoms with E-state index in [-0.39, 0.29) is 49.7 Å². The van der Waals surface area contributed by atoms with E-state index in [0.29, 0.717) is 28.4 Å². The van der Waals surface area contributed by atoms with Gasteiger partial charge in [-0.1, -0.05) is 64.5 Å². The van der Waals surface area contributed by atoms with Gasteiger partial charge in [-0.25, -0.2) is 18.0 Å². The predicted octanol–water partition coefficient (Wildman–Crippen LogP) is 3.65. The molecular weight excluding hydrogens is 698 g/mol. The van der Waals surface area contributed by atoms with Crippen molar-refractivity contribution in [2.24, 2.45) is 0 Å². The van der Waals surface area contributed by atoms with E-state index in [1.807, 2.05) is 22.9 Å². The lowest BCUT2D eigenvalue weighted by Gasteiger charge is -2.19. The summed E-state index contributed by atoms with van der Waals surface area (Å²) >= 11 is 3.39. The van der Waals surface area contributed by atoms with Gasteiger partial charge in [-0.05, 0) is 47.7 Å². The van der Waals surface area contributed by atoms with E-state index in [1.54, 1.807) is 30.3 Å². The van der Waals surface area contributed by atoms with E-state index >= 15 is 0 Å². The van der Waals surface area contributed by atoms with Gasteiger partial charge < -0.3 is 30.0 Å². The van der Waals surface area contributed by atoms with Crippen molar-refractivity contribution >= 4 is 49.8 Å². The number of amides is 3. The normalized spacial score (nSPS) is 15.6. The van der Waals surface area contributed by atoms with E-state index in [2.05, 4.69) is 26.6 Å². The molecule has 3 aromatic rings. The van der Waals surface area contributed by atoms with Crippen LogP contribution >= 0.6 is 15.9 Å². The third-order valence-electron chi connectivity index (χ3n) is 7.20. The SMILES string of the molecule is COC(=O)c1c(O)cccc1OCCCCNC(=O)C(Cc1ccc(C2CC(=O)NS2(=O)=O)c(Br)c1)NC(=O)OCc1ccccc1. The molecule has 1 fully saturated rings. The molecule has 4 rings (SSSR count). The van der Waals surface area contributed by atoms with Crippen LogP contribution in [0, 0.1) is 0 Å². The fourth-order valence-electron chi connectivity index (χ4n) is 4.83. The standard InChI is InChI=1S/C32H34BrN3O10S/c1-44-31(40)29-25(37)10-7-11-26(29)45-15-6-5-14-34-30(39)24(35-32(41)46-19-20-8-3-2-4-9-20)17-21-12-13-22(23(33)16-21)27-18-28(38)36-47(27,42)43/h2-4,7-13,16,24,27,37H,5-6,14-15,17-19H2,1H3,(H,34,39)(H,35,41)(H,36,38). The Hall–Kier alpha value is -4.63. The number of carbonyl (C=O) groups excluding carboxylic acids is 4. The minimum Gasteiger partial charge on any atom is -0.507 e. The Kier molecular flexibility index (Phi) is 12.2. The molecule has 0 saturated carbocycles. The lowest BCUT2D eigenvalue weighted by molar-refractivity contribution is -0.123. The number of rotatable bonds is 14. The average molecular weight is 733 g/mol. The lowest BCUT2D eigenvalue weighted by Crippen LogP contribution is -2.48. The lowest BCUT2D eigenvalue weighted by atomic mass is 10.0. The van der Waals surface area contributed by atoms with Gasteiger partial charge >= 0.3 is 12.1 Å². The summed E-state index contributed by atoms with van der Waals surface area (Å²) < 4.78 is 42.8. The van der Waals surface area contributed by atoms with Gasteiger partial charge in [-0.15, -0.1) is 0 Å².